The number of H-pyrrole nitrogens is 1. The molecule has 0 radical (unpaired) electrons. The molecule has 4 rings (SSSR count). The fraction of sp³-hybridized carbons (Fsp3) is 0.286. The van der Waals surface area contributed by atoms with Crippen LogP contribution < -0.4 is 5.32 Å². The SMILES string of the molecule is CCC(F)(F)F.O=C(O[C@@H]1Cc2cc(Cl)c3[nH]ncc3c2CNC1=O)c1ccccc1. The summed E-state index contributed by atoms with van der Waals surface area (Å²) in [5.74, 6) is -0.854. The van der Waals surface area contributed by atoms with Crippen LogP contribution in [-0.2, 0) is 22.5 Å². The highest BCUT2D eigenvalue weighted by Gasteiger charge is 2.29. The molecule has 3 aromatic rings. The Morgan fingerprint density at radius 3 is 2.61 bits per heavy atom. The molecule has 2 N–H and O–H groups in total. The van der Waals surface area contributed by atoms with Gasteiger partial charge in [-0.15, -0.1) is 0 Å². The van der Waals surface area contributed by atoms with Gasteiger partial charge in [0.15, 0.2) is 6.10 Å². The molecule has 0 unspecified atom stereocenters. The summed E-state index contributed by atoms with van der Waals surface area (Å²) < 4.78 is 37.8. The number of fused-ring (bicyclic) bond motifs is 3. The molecule has 1 amide bonds. The number of benzene rings is 2. The Morgan fingerprint density at radius 1 is 1.29 bits per heavy atom. The molecule has 164 valence electrons. The number of ether oxygens (including phenoxy) is 1. The molecule has 0 bridgehead atoms. The molecule has 0 saturated heterocycles. The van der Waals surface area contributed by atoms with Crippen molar-refractivity contribution < 1.29 is 27.5 Å². The first kappa shape index (κ1) is 22.6. The molecule has 2 heterocycles. The van der Waals surface area contributed by atoms with Crippen molar-refractivity contribution in [2.24, 2.45) is 0 Å². The van der Waals surface area contributed by atoms with E-state index in [9.17, 15) is 22.8 Å². The van der Waals surface area contributed by atoms with E-state index >= 15 is 0 Å². The van der Waals surface area contributed by atoms with Crippen LogP contribution in [0.15, 0.2) is 42.6 Å². The van der Waals surface area contributed by atoms with E-state index in [-0.39, 0.29) is 12.3 Å². The highest BCUT2D eigenvalue weighted by molar-refractivity contribution is 6.35. The lowest BCUT2D eigenvalue weighted by molar-refractivity contribution is -0.131. The highest BCUT2D eigenvalue weighted by atomic mass is 35.5. The first-order valence-corrected chi connectivity index (χ1v) is 9.81. The molecule has 10 heteroatoms. The summed E-state index contributed by atoms with van der Waals surface area (Å²) in [6.45, 7) is 1.42. The minimum atomic E-state index is -3.96. The first-order chi connectivity index (χ1) is 14.7. The van der Waals surface area contributed by atoms with Gasteiger partial charge in [0.05, 0.1) is 22.3 Å². The van der Waals surface area contributed by atoms with Crippen molar-refractivity contribution >= 4 is 34.4 Å². The van der Waals surface area contributed by atoms with Crippen LogP contribution in [0.4, 0.5) is 13.2 Å². The smallest absolute Gasteiger partial charge is 0.388 e. The molecule has 0 aliphatic carbocycles. The number of amides is 1. The zero-order valence-corrected chi connectivity index (χ0v) is 17.2. The van der Waals surface area contributed by atoms with Gasteiger partial charge in [0.1, 0.15) is 0 Å². The van der Waals surface area contributed by atoms with Gasteiger partial charge in [0.25, 0.3) is 5.91 Å². The van der Waals surface area contributed by atoms with Crippen molar-refractivity contribution in [2.45, 2.75) is 38.6 Å². The average molecular weight is 454 g/mol. The number of halogens is 4. The maximum absolute atomic E-state index is 12.4. The second-order valence-corrected chi connectivity index (χ2v) is 7.21. The van der Waals surface area contributed by atoms with E-state index in [1.165, 1.54) is 0 Å². The van der Waals surface area contributed by atoms with Crippen LogP contribution in [0.3, 0.4) is 0 Å². The van der Waals surface area contributed by atoms with Crippen LogP contribution >= 0.6 is 11.6 Å². The van der Waals surface area contributed by atoms with Crippen molar-refractivity contribution in [1.29, 1.82) is 0 Å². The summed E-state index contributed by atoms with van der Waals surface area (Å²) in [5, 5.41) is 11.1. The van der Waals surface area contributed by atoms with Gasteiger partial charge in [0.2, 0.25) is 0 Å². The summed E-state index contributed by atoms with van der Waals surface area (Å²) in [5.41, 5.74) is 2.93. The number of hydrogen-bond donors (Lipinski definition) is 2. The van der Waals surface area contributed by atoms with Crippen LogP contribution in [-0.4, -0.2) is 34.4 Å². The van der Waals surface area contributed by atoms with Gasteiger partial charge >= 0.3 is 12.1 Å². The number of aromatic amines is 1. The van der Waals surface area contributed by atoms with Gasteiger partial charge in [-0.05, 0) is 29.3 Å². The van der Waals surface area contributed by atoms with Crippen LogP contribution in [0.1, 0.15) is 34.8 Å². The van der Waals surface area contributed by atoms with Gasteiger partial charge in [-0.3, -0.25) is 9.89 Å². The van der Waals surface area contributed by atoms with Gasteiger partial charge in [-0.25, -0.2) is 4.79 Å². The maximum atomic E-state index is 12.4. The van der Waals surface area contributed by atoms with E-state index < -0.39 is 24.7 Å². The number of alkyl halides is 3. The van der Waals surface area contributed by atoms with Crippen molar-refractivity contribution in [3.63, 3.8) is 0 Å². The molecular weight excluding hydrogens is 435 g/mol. The minimum absolute atomic E-state index is 0.264. The first-order valence-electron chi connectivity index (χ1n) is 9.43. The predicted molar refractivity (Wildman–Crippen MR) is 109 cm³/mol. The molecule has 2 aromatic carbocycles. The minimum Gasteiger partial charge on any atom is -0.448 e. The standard InChI is InChI=1S/C18H14ClN3O3.C3H5F3/c19-14-6-11-7-15(25-18(24)10-4-2-1-3-5-10)17(23)20-8-12(11)13-9-21-22-16(13)14;1-2-3(4,5)6/h1-6,9,15H,7-8H2,(H,20,23)(H,21,22);2H2,1H3/t15-;/m1./s1. The zero-order valence-electron chi connectivity index (χ0n) is 16.4. The van der Waals surface area contributed by atoms with E-state index in [4.69, 9.17) is 16.3 Å². The Balaban J connectivity index is 0.000000401. The fourth-order valence-electron chi connectivity index (χ4n) is 3.02. The number of hydrogen-bond acceptors (Lipinski definition) is 4. The Kier molecular flexibility index (Phi) is 6.84. The van der Waals surface area contributed by atoms with Gasteiger partial charge in [0, 0.05) is 24.8 Å². The number of rotatable bonds is 2. The molecule has 1 aliphatic rings. The molecule has 1 aromatic heterocycles. The van der Waals surface area contributed by atoms with Crippen molar-refractivity contribution in [1.82, 2.24) is 15.5 Å². The lowest BCUT2D eigenvalue weighted by Crippen LogP contribution is -2.36. The second kappa shape index (κ2) is 9.38. The molecule has 31 heavy (non-hydrogen) atoms. The zero-order chi connectivity index (χ0) is 22.6. The van der Waals surface area contributed by atoms with Crippen LogP contribution in [0.25, 0.3) is 10.9 Å². The summed E-state index contributed by atoms with van der Waals surface area (Å²) in [6, 6.07) is 10.4. The summed E-state index contributed by atoms with van der Waals surface area (Å²) in [6.07, 6.45) is -3.65. The topological polar surface area (TPSA) is 84.1 Å². The molecule has 0 saturated carbocycles. The maximum Gasteiger partial charge on any atom is 0.388 e. The van der Waals surface area contributed by atoms with E-state index in [1.807, 2.05) is 6.07 Å². The number of aromatic nitrogens is 2. The van der Waals surface area contributed by atoms with Gasteiger partial charge in [-0.2, -0.15) is 18.3 Å². The summed E-state index contributed by atoms with van der Waals surface area (Å²) >= 11 is 6.29. The van der Waals surface area contributed by atoms with E-state index in [2.05, 4.69) is 15.5 Å². The third-order valence-corrected chi connectivity index (χ3v) is 4.99. The molecule has 0 spiro atoms. The van der Waals surface area contributed by atoms with Gasteiger partial charge < -0.3 is 10.1 Å². The molecule has 1 atom stereocenters. The Labute approximate surface area is 180 Å². The number of esters is 1. The predicted octanol–water partition coefficient (Wildman–Crippen LogP) is 4.57. The Bertz CT molecular complexity index is 1080. The molecule has 1 aliphatic heterocycles. The largest absolute Gasteiger partial charge is 0.448 e. The van der Waals surface area contributed by atoms with Crippen molar-refractivity contribution in [2.75, 3.05) is 0 Å². The Morgan fingerprint density at radius 2 is 1.97 bits per heavy atom. The Hall–Kier alpha value is -3.07. The number of carbonyl (C=O) groups is 2. The van der Waals surface area contributed by atoms with Crippen molar-refractivity contribution in [3.05, 3.63) is 64.3 Å². The van der Waals surface area contributed by atoms with Crippen molar-refractivity contribution in [3.8, 4) is 0 Å². The number of nitrogens with zero attached hydrogens (tertiary/aromatic N) is 1. The lowest BCUT2D eigenvalue weighted by atomic mass is 9.99. The van der Waals surface area contributed by atoms with Crippen LogP contribution in [0, 0.1) is 0 Å². The number of nitrogens with one attached hydrogen (secondary N) is 2. The average Bonchev–Trinajstić information content (AvgIpc) is 3.18. The van der Waals surface area contributed by atoms with Crippen LogP contribution in [0.5, 0.6) is 0 Å². The van der Waals surface area contributed by atoms with Crippen LogP contribution in [0.2, 0.25) is 5.02 Å². The second-order valence-electron chi connectivity index (χ2n) is 6.81. The third kappa shape index (κ3) is 5.55. The summed E-state index contributed by atoms with van der Waals surface area (Å²) in [4.78, 5) is 24.6. The molecular formula is C21H19ClF3N3O3. The van der Waals surface area contributed by atoms with E-state index in [1.54, 1.807) is 36.5 Å². The fourth-order valence-corrected chi connectivity index (χ4v) is 3.30. The summed E-state index contributed by atoms with van der Waals surface area (Å²) in [7, 11) is 0. The quantitative estimate of drug-likeness (QED) is 0.556. The normalized spacial score (nSPS) is 15.9. The third-order valence-electron chi connectivity index (χ3n) is 4.69. The lowest BCUT2D eigenvalue weighted by Gasteiger charge is -2.15. The molecule has 0 fully saturated rings. The highest BCUT2D eigenvalue weighted by Crippen LogP contribution is 2.30. The molecule has 6 nitrogen and oxygen atoms in total. The van der Waals surface area contributed by atoms with E-state index in [0.29, 0.717) is 17.1 Å². The van der Waals surface area contributed by atoms with Gasteiger partial charge in [-0.1, -0.05) is 36.7 Å². The van der Waals surface area contributed by atoms with E-state index in [0.717, 1.165) is 29.0 Å². The monoisotopic (exact) mass is 453 g/mol. The number of carbonyl (C=O) groups excluding carboxylic acids is 2.